The summed E-state index contributed by atoms with van der Waals surface area (Å²) in [7, 11) is 1.63. The van der Waals surface area contributed by atoms with Gasteiger partial charge in [0.2, 0.25) is 11.8 Å². The molecule has 2 aromatic rings. The third kappa shape index (κ3) is 5.02. The summed E-state index contributed by atoms with van der Waals surface area (Å²) in [5, 5.41) is 3.80. The quantitative estimate of drug-likeness (QED) is 0.672. The van der Waals surface area contributed by atoms with Gasteiger partial charge in [0, 0.05) is 37.6 Å². The van der Waals surface area contributed by atoms with Gasteiger partial charge in [0.1, 0.15) is 17.3 Å². The number of carbonyl (C=O) groups is 2. The van der Waals surface area contributed by atoms with Crippen molar-refractivity contribution < 1.29 is 14.3 Å². The lowest BCUT2D eigenvalue weighted by atomic mass is 9.81. The summed E-state index contributed by atoms with van der Waals surface area (Å²) >= 11 is 6.00. The number of ether oxygens (including phenoxy) is 1. The third-order valence-electron chi connectivity index (χ3n) is 6.86. The van der Waals surface area contributed by atoms with Gasteiger partial charge in [-0.2, -0.15) is 0 Å². The zero-order valence-corrected chi connectivity index (χ0v) is 20.1. The van der Waals surface area contributed by atoms with Crippen LogP contribution >= 0.6 is 11.6 Å². The zero-order valence-electron chi connectivity index (χ0n) is 19.4. The lowest BCUT2D eigenvalue weighted by Gasteiger charge is -2.51. The van der Waals surface area contributed by atoms with Crippen molar-refractivity contribution >= 4 is 23.4 Å². The smallest absolute Gasteiger partial charge is 0.246 e. The standard InChI is InChI=1S/C26H32ClN3O3/c1-3-14-30-24(31)23(17-19-6-10-22(33-2)11-7-19)28-25(32)26(30)12-15-29(16-13-26)18-20-4-8-21(27)9-5-20/h4-11,23H,3,12-18H2,1-2H3,(H,28,32)/t23-/m1/s1. The molecule has 0 unspecified atom stereocenters. The first kappa shape index (κ1) is 23.6. The second-order valence-corrected chi connectivity index (χ2v) is 9.44. The fraction of sp³-hybridized carbons (Fsp3) is 0.462. The van der Waals surface area contributed by atoms with Crippen molar-refractivity contribution in [3.63, 3.8) is 0 Å². The third-order valence-corrected chi connectivity index (χ3v) is 7.11. The Labute approximate surface area is 200 Å². The van der Waals surface area contributed by atoms with Gasteiger partial charge in [-0.3, -0.25) is 14.5 Å². The molecule has 6 nitrogen and oxygen atoms in total. The van der Waals surface area contributed by atoms with Gasteiger partial charge in [-0.05, 0) is 54.7 Å². The molecule has 2 heterocycles. The maximum Gasteiger partial charge on any atom is 0.246 e. The molecule has 2 aliphatic rings. The highest BCUT2D eigenvalue weighted by Gasteiger charge is 2.53. The van der Waals surface area contributed by atoms with Crippen molar-refractivity contribution in [1.29, 1.82) is 0 Å². The molecule has 4 rings (SSSR count). The SMILES string of the molecule is CCCN1C(=O)[C@@H](Cc2ccc(OC)cc2)NC(=O)C12CCN(Cc1ccc(Cl)cc1)CC2. The van der Waals surface area contributed by atoms with Crippen LogP contribution in [0.3, 0.4) is 0 Å². The van der Waals surface area contributed by atoms with Crippen LogP contribution in [0.15, 0.2) is 48.5 Å². The summed E-state index contributed by atoms with van der Waals surface area (Å²) in [5.74, 6) is 0.785. The van der Waals surface area contributed by atoms with Crippen LogP contribution in [-0.2, 0) is 22.6 Å². The van der Waals surface area contributed by atoms with Crippen LogP contribution in [0.4, 0.5) is 0 Å². The van der Waals surface area contributed by atoms with Crippen molar-refractivity contribution in [2.45, 2.75) is 50.7 Å². The zero-order chi connectivity index (χ0) is 23.4. The Hall–Kier alpha value is -2.57. The molecule has 1 N–H and O–H groups in total. The maximum atomic E-state index is 13.5. The highest BCUT2D eigenvalue weighted by Crippen LogP contribution is 2.34. The molecule has 2 fully saturated rings. The Kier molecular flexibility index (Phi) is 7.25. The molecule has 2 aliphatic heterocycles. The van der Waals surface area contributed by atoms with E-state index in [1.54, 1.807) is 7.11 Å². The fourth-order valence-electron chi connectivity index (χ4n) is 4.99. The van der Waals surface area contributed by atoms with Gasteiger partial charge in [0.25, 0.3) is 0 Å². The van der Waals surface area contributed by atoms with E-state index in [1.165, 1.54) is 5.56 Å². The van der Waals surface area contributed by atoms with Gasteiger partial charge in [-0.25, -0.2) is 0 Å². The average molecular weight is 470 g/mol. The highest BCUT2D eigenvalue weighted by atomic mass is 35.5. The van der Waals surface area contributed by atoms with Crippen molar-refractivity contribution in [1.82, 2.24) is 15.1 Å². The van der Waals surface area contributed by atoms with E-state index in [0.29, 0.717) is 25.8 Å². The Bertz CT molecular complexity index is 969. The van der Waals surface area contributed by atoms with Crippen LogP contribution in [0.5, 0.6) is 5.75 Å². The summed E-state index contributed by atoms with van der Waals surface area (Å²) in [4.78, 5) is 31.2. The number of amides is 2. The van der Waals surface area contributed by atoms with Crippen LogP contribution in [-0.4, -0.2) is 59.9 Å². The molecule has 0 aliphatic carbocycles. The molecule has 0 bridgehead atoms. The van der Waals surface area contributed by atoms with Gasteiger partial charge in [0.15, 0.2) is 0 Å². The number of rotatable bonds is 7. The minimum atomic E-state index is -0.750. The lowest BCUT2D eigenvalue weighted by molar-refractivity contribution is -0.161. The Balaban J connectivity index is 1.45. The lowest BCUT2D eigenvalue weighted by Crippen LogP contribution is -2.73. The number of piperidine rings is 1. The summed E-state index contributed by atoms with van der Waals surface area (Å²) < 4.78 is 5.22. The van der Waals surface area contributed by atoms with E-state index >= 15 is 0 Å². The van der Waals surface area contributed by atoms with Crippen LogP contribution in [0.2, 0.25) is 5.02 Å². The Morgan fingerprint density at radius 1 is 1.03 bits per heavy atom. The number of nitrogens with zero attached hydrogens (tertiary/aromatic N) is 2. The van der Waals surface area contributed by atoms with Gasteiger partial charge in [-0.1, -0.05) is 42.8 Å². The van der Waals surface area contributed by atoms with E-state index in [2.05, 4.69) is 17.1 Å². The topological polar surface area (TPSA) is 61.9 Å². The van der Waals surface area contributed by atoms with Crippen molar-refractivity contribution in [3.05, 3.63) is 64.7 Å². The first-order valence-electron chi connectivity index (χ1n) is 11.7. The van der Waals surface area contributed by atoms with Gasteiger partial charge in [0.05, 0.1) is 7.11 Å². The number of hydrogen-bond donors (Lipinski definition) is 1. The van der Waals surface area contributed by atoms with E-state index in [-0.39, 0.29) is 11.8 Å². The number of hydrogen-bond acceptors (Lipinski definition) is 4. The molecule has 1 atom stereocenters. The minimum absolute atomic E-state index is 0.0137. The second kappa shape index (κ2) is 10.1. The molecule has 2 aromatic carbocycles. The largest absolute Gasteiger partial charge is 0.497 e. The van der Waals surface area contributed by atoms with E-state index in [1.807, 2.05) is 53.4 Å². The molecular formula is C26H32ClN3O3. The molecule has 0 saturated carbocycles. The predicted octanol–water partition coefficient (Wildman–Crippen LogP) is 3.66. The molecule has 33 heavy (non-hydrogen) atoms. The number of halogens is 1. The van der Waals surface area contributed by atoms with Crippen LogP contribution in [0, 0.1) is 0 Å². The summed E-state index contributed by atoms with van der Waals surface area (Å²) in [6.07, 6.45) is 2.60. The van der Waals surface area contributed by atoms with Crippen molar-refractivity contribution in [2.24, 2.45) is 0 Å². The molecular weight excluding hydrogens is 438 g/mol. The van der Waals surface area contributed by atoms with E-state index in [9.17, 15) is 9.59 Å². The van der Waals surface area contributed by atoms with Crippen molar-refractivity contribution in [2.75, 3.05) is 26.7 Å². The molecule has 2 saturated heterocycles. The molecule has 176 valence electrons. The molecule has 0 aromatic heterocycles. The maximum absolute atomic E-state index is 13.5. The van der Waals surface area contributed by atoms with E-state index in [4.69, 9.17) is 16.3 Å². The molecule has 7 heteroatoms. The summed E-state index contributed by atoms with van der Waals surface area (Å²) in [6, 6.07) is 15.0. The van der Waals surface area contributed by atoms with Gasteiger partial charge >= 0.3 is 0 Å². The molecule has 1 spiro atoms. The summed E-state index contributed by atoms with van der Waals surface area (Å²) in [6.45, 7) is 5.01. The van der Waals surface area contributed by atoms with Crippen LogP contribution in [0.25, 0.3) is 0 Å². The fourth-order valence-corrected chi connectivity index (χ4v) is 5.11. The highest BCUT2D eigenvalue weighted by molar-refractivity contribution is 6.30. The summed E-state index contributed by atoms with van der Waals surface area (Å²) in [5.41, 5.74) is 1.45. The second-order valence-electron chi connectivity index (χ2n) is 9.00. The first-order chi connectivity index (χ1) is 15.9. The van der Waals surface area contributed by atoms with E-state index < -0.39 is 11.6 Å². The first-order valence-corrected chi connectivity index (χ1v) is 12.0. The van der Waals surface area contributed by atoms with E-state index in [0.717, 1.165) is 42.4 Å². The van der Waals surface area contributed by atoms with Crippen molar-refractivity contribution in [3.8, 4) is 5.75 Å². The molecule has 0 radical (unpaired) electrons. The number of benzene rings is 2. The number of piperazine rings is 1. The Morgan fingerprint density at radius 3 is 2.27 bits per heavy atom. The van der Waals surface area contributed by atoms with Gasteiger partial charge in [-0.15, -0.1) is 0 Å². The Morgan fingerprint density at radius 2 is 1.67 bits per heavy atom. The number of nitrogens with one attached hydrogen (secondary N) is 1. The number of carbonyl (C=O) groups excluding carboxylic acids is 2. The average Bonchev–Trinajstić information content (AvgIpc) is 2.83. The van der Waals surface area contributed by atoms with Crippen LogP contribution in [0.1, 0.15) is 37.3 Å². The monoisotopic (exact) mass is 469 g/mol. The van der Waals surface area contributed by atoms with Gasteiger partial charge < -0.3 is 15.0 Å². The number of methoxy groups -OCH3 is 1. The minimum Gasteiger partial charge on any atom is -0.497 e. The number of likely N-dealkylation sites (tertiary alicyclic amines) is 1. The predicted molar refractivity (Wildman–Crippen MR) is 129 cm³/mol. The molecule has 2 amide bonds. The van der Waals surface area contributed by atoms with Crippen LogP contribution < -0.4 is 10.1 Å². The normalized spacial score (nSPS) is 20.7.